The predicted octanol–water partition coefficient (Wildman–Crippen LogP) is 5.28. The molecule has 152 valence electrons. The number of hydrogen-bond acceptors (Lipinski definition) is 5. The second kappa shape index (κ2) is 8.82. The lowest BCUT2D eigenvalue weighted by atomic mass is 9.87. The number of carbonyl (C=O) groups is 1. The molecule has 0 unspecified atom stereocenters. The summed E-state index contributed by atoms with van der Waals surface area (Å²) in [5, 5.41) is 9.45. The largest absolute Gasteiger partial charge is 0.462 e. The van der Waals surface area contributed by atoms with Crippen LogP contribution in [0.4, 0.5) is 0 Å². The summed E-state index contributed by atoms with van der Waals surface area (Å²) in [6.45, 7) is 10.3. The van der Waals surface area contributed by atoms with Gasteiger partial charge in [-0.25, -0.2) is 0 Å². The highest BCUT2D eigenvalue weighted by atomic mass is 32.2. The molecule has 0 bridgehead atoms. The third-order valence-electron chi connectivity index (χ3n) is 4.34. The molecule has 0 N–H and O–H groups in total. The molecule has 3 aromatic rings. The zero-order valence-corrected chi connectivity index (χ0v) is 18.4. The second-order valence-corrected chi connectivity index (χ2v) is 9.07. The number of ether oxygens (including phenoxy) is 1. The van der Waals surface area contributed by atoms with Gasteiger partial charge in [0, 0.05) is 11.3 Å². The Hall–Kier alpha value is -2.60. The Morgan fingerprint density at radius 1 is 1.03 bits per heavy atom. The van der Waals surface area contributed by atoms with Crippen LogP contribution < -0.4 is 0 Å². The third-order valence-corrected chi connectivity index (χ3v) is 5.25. The Labute approximate surface area is 176 Å². The van der Waals surface area contributed by atoms with Crippen LogP contribution in [-0.4, -0.2) is 32.6 Å². The van der Waals surface area contributed by atoms with Crippen LogP contribution in [0.1, 0.15) is 40.2 Å². The summed E-state index contributed by atoms with van der Waals surface area (Å²) in [5.74, 6) is 0.673. The number of hydrogen-bond donors (Lipinski definition) is 0. The average Bonchev–Trinajstić information content (AvgIpc) is 3.10. The van der Waals surface area contributed by atoms with Crippen molar-refractivity contribution >= 4 is 17.7 Å². The van der Waals surface area contributed by atoms with Gasteiger partial charge in [-0.05, 0) is 37.0 Å². The molecule has 1 aromatic heterocycles. The summed E-state index contributed by atoms with van der Waals surface area (Å²) in [5.41, 5.74) is 3.28. The van der Waals surface area contributed by atoms with E-state index in [4.69, 9.17) is 4.74 Å². The molecular formula is C23H27N3O2S. The lowest BCUT2D eigenvalue weighted by molar-refractivity contribution is -0.144. The van der Waals surface area contributed by atoms with E-state index in [0.717, 1.165) is 17.1 Å². The van der Waals surface area contributed by atoms with E-state index in [-0.39, 0.29) is 23.2 Å². The van der Waals surface area contributed by atoms with E-state index in [1.54, 1.807) is 0 Å². The summed E-state index contributed by atoms with van der Waals surface area (Å²) in [4.78, 5) is 12.0. The van der Waals surface area contributed by atoms with E-state index >= 15 is 0 Å². The van der Waals surface area contributed by atoms with Crippen molar-refractivity contribution in [3.63, 3.8) is 0 Å². The van der Waals surface area contributed by atoms with Gasteiger partial charge in [0.1, 0.15) is 0 Å². The van der Waals surface area contributed by atoms with Crippen molar-refractivity contribution in [3.8, 4) is 17.1 Å². The van der Waals surface area contributed by atoms with E-state index in [2.05, 4.69) is 55.2 Å². The molecule has 6 heteroatoms. The van der Waals surface area contributed by atoms with Crippen molar-refractivity contribution in [2.45, 2.75) is 51.3 Å². The monoisotopic (exact) mass is 409 g/mol. The van der Waals surface area contributed by atoms with E-state index in [1.165, 1.54) is 17.3 Å². The molecule has 3 rings (SSSR count). The molecule has 0 aliphatic heterocycles. The first-order valence-corrected chi connectivity index (χ1v) is 10.7. The quantitative estimate of drug-likeness (QED) is 0.410. The van der Waals surface area contributed by atoms with Crippen LogP contribution in [0, 0.1) is 0 Å². The minimum atomic E-state index is -0.260. The standard InChI is InChI=1S/C23H27N3O2S/c1-16(2)28-20(27)15-29-22-25-24-21(26(22)19-9-7-6-8-10-19)17-11-13-18(14-12-17)23(3,4)5/h6-14,16H,15H2,1-5H3. The SMILES string of the molecule is CC(C)OC(=O)CSc1nnc(-c2ccc(C(C)(C)C)cc2)n1-c1ccccc1. The molecule has 29 heavy (non-hydrogen) atoms. The normalized spacial score (nSPS) is 11.7. The zero-order chi connectivity index (χ0) is 21.0. The predicted molar refractivity (Wildman–Crippen MR) is 117 cm³/mol. The van der Waals surface area contributed by atoms with Crippen LogP contribution in [0.25, 0.3) is 17.1 Å². The number of rotatable bonds is 6. The van der Waals surface area contributed by atoms with Crippen molar-refractivity contribution in [2.24, 2.45) is 0 Å². The molecule has 0 saturated carbocycles. The fourth-order valence-electron chi connectivity index (χ4n) is 2.90. The highest BCUT2D eigenvalue weighted by molar-refractivity contribution is 7.99. The molecule has 5 nitrogen and oxygen atoms in total. The lowest BCUT2D eigenvalue weighted by Crippen LogP contribution is -2.13. The minimum absolute atomic E-state index is 0.0867. The Bertz CT molecular complexity index is 958. The fourth-order valence-corrected chi connectivity index (χ4v) is 3.63. The highest BCUT2D eigenvalue weighted by Crippen LogP contribution is 2.30. The Balaban J connectivity index is 1.95. The summed E-state index contributed by atoms with van der Waals surface area (Å²) in [7, 11) is 0. The first kappa shape index (κ1) is 21.1. The molecule has 1 heterocycles. The molecule has 0 spiro atoms. The number of para-hydroxylation sites is 1. The molecule has 0 fully saturated rings. The number of thioether (sulfide) groups is 1. The molecule has 0 atom stereocenters. The van der Waals surface area contributed by atoms with Gasteiger partial charge in [-0.3, -0.25) is 9.36 Å². The molecule has 0 radical (unpaired) electrons. The van der Waals surface area contributed by atoms with Crippen molar-refractivity contribution in [1.29, 1.82) is 0 Å². The third kappa shape index (κ3) is 5.26. The average molecular weight is 410 g/mol. The maximum Gasteiger partial charge on any atom is 0.316 e. The number of aromatic nitrogens is 3. The van der Waals surface area contributed by atoms with Gasteiger partial charge in [0.05, 0.1) is 11.9 Å². The molecular weight excluding hydrogens is 382 g/mol. The minimum Gasteiger partial charge on any atom is -0.462 e. The second-order valence-electron chi connectivity index (χ2n) is 8.13. The van der Waals surface area contributed by atoms with Crippen LogP contribution in [0.2, 0.25) is 0 Å². The van der Waals surface area contributed by atoms with Gasteiger partial charge in [0.15, 0.2) is 11.0 Å². The fraction of sp³-hybridized carbons (Fsp3) is 0.348. The summed E-state index contributed by atoms with van der Waals surface area (Å²) in [6, 6.07) is 18.3. The summed E-state index contributed by atoms with van der Waals surface area (Å²) >= 11 is 1.33. The van der Waals surface area contributed by atoms with E-state index in [1.807, 2.05) is 48.7 Å². The van der Waals surface area contributed by atoms with E-state index < -0.39 is 0 Å². The number of esters is 1. The first-order chi connectivity index (χ1) is 13.8. The number of benzene rings is 2. The first-order valence-electron chi connectivity index (χ1n) is 9.70. The van der Waals surface area contributed by atoms with Gasteiger partial charge in [0.2, 0.25) is 0 Å². The number of carbonyl (C=O) groups excluding carboxylic acids is 1. The molecule has 0 amide bonds. The van der Waals surface area contributed by atoms with Crippen LogP contribution in [-0.2, 0) is 14.9 Å². The van der Waals surface area contributed by atoms with Crippen molar-refractivity contribution < 1.29 is 9.53 Å². The van der Waals surface area contributed by atoms with E-state index in [0.29, 0.717) is 5.16 Å². The maximum absolute atomic E-state index is 12.0. The van der Waals surface area contributed by atoms with Gasteiger partial charge in [-0.1, -0.05) is 75.0 Å². The number of nitrogens with zero attached hydrogens (tertiary/aromatic N) is 3. The van der Waals surface area contributed by atoms with Gasteiger partial charge < -0.3 is 4.74 Å². The van der Waals surface area contributed by atoms with Gasteiger partial charge >= 0.3 is 5.97 Å². The highest BCUT2D eigenvalue weighted by Gasteiger charge is 2.19. The van der Waals surface area contributed by atoms with Gasteiger partial charge in [-0.2, -0.15) is 0 Å². The van der Waals surface area contributed by atoms with Crippen LogP contribution in [0.15, 0.2) is 59.8 Å². The Morgan fingerprint density at radius 2 is 1.69 bits per heavy atom. The molecule has 0 saturated heterocycles. The van der Waals surface area contributed by atoms with E-state index in [9.17, 15) is 4.79 Å². The summed E-state index contributed by atoms with van der Waals surface area (Å²) in [6.07, 6.45) is -0.132. The van der Waals surface area contributed by atoms with Crippen LogP contribution in [0.3, 0.4) is 0 Å². The van der Waals surface area contributed by atoms with Crippen molar-refractivity contribution in [1.82, 2.24) is 14.8 Å². The lowest BCUT2D eigenvalue weighted by Gasteiger charge is -2.19. The molecule has 2 aromatic carbocycles. The Morgan fingerprint density at radius 3 is 2.28 bits per heavy atom. The van der Waals surface area contributed by atoms with Crippen LogP contribution >= 0.6 is 11.8 Å². The molecule has 0 aliphatic rings. The van der Waals surface area contributed by atoms with Crippen LogP contribution in [0.5, 0.6) is 0 Å². The summed E-state index contributed by atoms with van der Waals surface area (Å²) < 4.78 is 7.22. The van der Waals surface area contributed by atoms with Gasteiger partial charge in [0.25, 0.3) is 0 Å². The smallest absolute Gasteiger partial charge is 0.316 e. The molecule has 0 aliphatic carbocycles. The maximum atomic E-state index is 12.0. The zero-order valence-electron chi connectivity index (χ0n) is 17.5. The topological polar surface area (TPSA) is 57.0 Å². The van der Waals surface area contributed by atoms with Gasteiger partial charge in [-0.15, -0.1) is 10.2 Å². The van der Waals surface area contributed by atoms with Crippen molar-refractivity contribution in [3.05, 3.63) is 60.2 Å². The Kier molecular flexibility index (Phi) is 6.42. The van der Waals surface area contributed by atoms with Crippen molar-refractivity contribution in [2.75, 3.05) is 5.75 Å².